The van der Waals surface area contributed by atoms with Crippen molar-refractivity contribution in [3.8, 4) is 5.75 Å². The molecule has 2 aromatic rings. The van der Waals surface area contributed by atoms with Crippen LogP contribution >= 0.6 is 0 Å². The topological polar surface area (TPSA) is 53.0 Å². The molecule has 0 radical (unpaired) electrons. The van der Waals surface area contributed by atoms with Crippen molar-refractivity contribution in [1.82, 2.24) is 20.1 Å². The number of aliphatic imine (C=N–C) groups is 1. The van der Waals surface area contributed by atoms with Crippen LogP contribution in [0.1, 0.15) is 17.2 Å². The normalized spacial score (nSPS) is 22.8. The fourth-order valence-corrected chi connectivity index (χ4v) is 3.72. The van der Waals surface area contributed by atoms with Gasteiger partial charge < -0.3 is 15.0 Å². The summed E-state index contributed by atoms with van der Waals surface area (Å²) in [6.45, 7) is 2.44. The molecule has 7 heteroatoms. The Hall–Kier alpha value is -2.77. The zero-order chi connectivity index (χ0) is 19.5. The Morgan fingerprint density at radius 1 is 1.21 bits per heavy atom. The smallest absolute Gasteiger partial charge is 0.178 e. The van der Waals surface area contributed by atoms with Gasteiger partial charge in [0, 0.05) is 68.5 Å². The van der Waals surface area contributed by atoms with E-state index in [1.807, 2.05) is 25.3 Å². The summed E-state index contributed by atoms with van der Waals surface area (Å²) in [5.74, 6) is 0.272. The zero-order valence-corrected chi connectivity index (χ0v) is 16.0. The van der Waals surface area contributed by atoms with E-state index < -0.39 is 0 Å². The number of pyridine rings is 1. The van der Waals surface area contributed by atoms with Crippen molar-refractivity contribution >= 4 is 5.71 Å². The molecule has 28 heavy (non-hydrogen) atoms. The van der Waals surface area contributed by atoms with Crippen LogP contribution in [0, 0.1) is 5.82 Å². The van der Waals surface area contributed by atoms with Gasteiger partial charge in [-0.05, 0) is 24.3 Å². The van der Waals surface area contributed by atoms with Gasteiger partial charge in [-0.2, -0.15) is 0 Å². The van der Waals surface area contributed by atoms with Gasteiger partial charge in [0.25, 0.3) is 0 Å². The molecule has 2 atom stereocenters. The summed E-state index contributed by atoms with van der Waals surface area (Å²) in [7, 11) is 3.60. The van der Waals surface area contributed by atoms with Gasteiger partial charge in [-0.1, -0.05) is 6.07 Å². The molecule has 3 heterocycles. The molecule has 1 N–H and O–H groups in total. The van der Waals surface area contributed by atoms with Crippen molar-refractivity contribution in [3.63, 3.8) is 0 Å². The molecule has 0 amide bonds. The van der Waals surface area contributed by atoms with E-state index >= 15 is 0 Å². The number of aromatic nitrogens is 1. The Balaban J connectivity index is 1.57. The van der Waals surface area contributed by atoms with E-state index in [1.54, 1.807) is 25.6 Å². The van der Waals surface area contributed by atoms with E-state index in [1.165, 1.54) is 12.1 Å². The van der Waals surface area contributed by atoms with Crippen LogP contribution in [-0.2, 0) is 0 Å². The lowest BCUT2D eigenvalue weighted by molar-refractivity contribution is 0.0679. The van der Waals surface area contributed by atoms with E-state index in [2.05, 4.69) is 26.3 Å². The first kappa shape index (κ1) is 18.6. The van der Waals surface area contributed by atoms with Crippen LogP contribution < -0.4 is 10.1 Å². The first-order valence-corrected chi connectivity index (χ1v) is 9.35. The molecule has 4 rings (SSSR count). The van der Waals surface area contributed by atoms with Crippen LogP contribution in [0.5, 0.6) is 5.75 Å². The molecule has 0 saturated carbocycles. The lowest BCUT2D eigenvalue weighted by Crippen LogP contribution is -2.54. The van der Waals surface area contributed by atoms with Gasteiger partial charge >= 0.3 is 0 Å². The SMILES string of the molecule is COc1cc(F)ccc1C1CN([C@@H]2N=C(c3ccncc3)C=CN2C)CCN1. The second-order valence-corrected chi connectivity index (χ2v) is 6.97. The monoisotopic (exact) mass is 381 g/mol. The number of benzene rings is 1. The molecule has 1 unspecified atom stereocenters. The number of nitrogens with one attached hydrogen (secondary N) is 1. The second-order valence-electron chi connectivity index (χ2n) is 6.97. The molecule has 1 saturated heterocycles. The summed E-state index contributed by atoms with van der Waals surface area (Å²) in [5, 5.41) is 3.52. The number of allylic oxidation sites excluding steroid dienone is 1. The van der Waals surface area contributed by atoms with Gasteiger partial charge in [0.1, 0.15) is 11.6 Å². The van der Waals surface area contributed by atoms with E-state index in [0.29, 0.717) is 5.75 Å². The average molecular weight is 381 g/mol. The Morgan fingerprint density at radius 2 is 2.04 bits per heavy atom. The minimum atomic E-state index is -0.294. The standard InChI is InChI=1S/C21H24FN5O/c1-26-11-7-18(15-5-8-23-9-6-15)25-21(26)27-12-10-24-19(14-27)17-4-3-16(22)13-20(17)28-2/h3-9,11,13,19,21,24H,10,12,14H2,1-2H3/t19?,21-/m1/s1. The highest BCUT2D eigenvalue weighted by Gasteiger charge is 2.30. The molecule has 0 spiro atoms. The number of nitrogens with zero attached hydrogens (tertiary/aromatic N) is 4. The molecular weight excluding hydrogens is 357 g/mol. The van der Waals surface area contributed by atoms with Crippen LogP contribution in [0.3, 0.4) is 0 Å². The van der Waals surface area contributed by atoms with Gasteiger partial charge in [-0.3, -0.25) is 9.88 Å². The minimum Gasteiger partial charge on any atom is -0.496 e. The number of hydrogen-bond donors (Lipinski definition) is 1. The third-order valence-electron chi connectivity index (χ3n) is 5.17. The highest BCUT2D eigenvalue weighted by Crippen LogP contribution is 2.29. The predicted octanol–water partition coefficient (Wildman–Crippen LogP) is 2.41. The first-order chi connectivity index (χ1) is 13.7. The summed E-state index contributed by atoms with van der Waals surface area (Å²) in [6.07, 6.45) is 7.54. The Bertz CT molecular complexity index is 886. The molecule has 1 fully saturated rings. The summed E-state index contributed by atoms with van der Waals surface area (Å²) in [4.78, 5) is 13.5. The average Bonchev–Trinajstić information content (AvgIpc) is 2.74. The molecular formula is C21H24FN5O. The quantitative estimate of drug-likeness (QED) is 0.882. The van der Waals surface area contributed by atoms with Crippen molar-refractivity contribution in [2.75, 3.05) is 33.8 Å². The Morgan fingerprint density at radius 3 is 2.82 bits per heavy atom. The second kappa shape index (κ2) is 8.08. The van der Waals surface area contributed by atoms with Crippen molar-refractivity contribution in [2.45, 2.75) is 12.3 Å². The first-order valence-electron chi connectivity index (χ1n) is 9.35. The van der Waals surface area contributed by atoms with Crippen molar-refractivity contribution in [1.29, 1.82) is 0 Å². The van der Waals surface area contributed by atoms with Gasteiger partial charge in [-0.15, -0.1) is 0 Å². The number of ether oxygens (including phenoxy) is 1. The molecule has 146 valence electrons. The van der Waals surface area contributed by atoms with Crippen molar-refractivity contribution < 1.29 is 9.13 Å². The van der Waals surface area contributed by atoms with Crippen LogP contribution in [-0.4, -0.2) is 60.6 Å². The Labute approximate surface area is 164 Å². The number of methoxy groups -OCH3 is 1. The molecule has 0 aliphatic carbocycles. The number of hydrogen-bond acceptors (Lipinski definition) is 6. The van der Waals surface area contributed by atoms with Gasteiger partial charge in [0.05, 0.1) is 12.8 Å². The largest absolute Gasteiger partial charge is 0.496 e. The zero-order valence-electron chi connectivity index (χ0n) is 16.0. The van der Waals surface area contributed by atoms with Crippen LogP contribution in [0.2, 0.25) is 0 Å². The Kier molecular flexibility index (Phi) is 5.36. The van der Waals surface area contributed by atoms with Gasteiger partial charge in [0.15, 0.2) is 6.29 Å². The van der Waals surface area contributed by atoms with Gasteiger partial charge in [-0.25, -0.2) is 9.38 Å². The van der Waals surface area contributed by atoms with Crippen molar-refractivity contribution in [2.24, 2.45) is 4.99 Å². The summed E-state index contributed by atoms with van der Waals surface area (Å²) >= 11 is 0. The fourth-order valence-electron chi connectivity index (χ4n) is 3.72. The lowest BCUT2D eigenvalue weighted by atomic mass is 10.0. The van der Waals surface area contributed by atoms with E-state index in [4.69, 9.17) is 9.73 Å². The van der Waals surface area contributed by atoms with Crippen molar-refractivity contribution in [3.05, 3.63) is 71.9 Å². The highest BCUT2D eigenvalue weighted by atomic mass is 19.1. The maximum Gasteiger partial charge on any atom is 0.178 e. The summed E-state index contributed by atoms with van der Waals surface area (Å²) in [6, 6.07) is 8.69. The molecule has 0 bridgehead atoms. The van der Waals surface area contributed by atoms with Crippen LogP contribution in [0.25, 0.3) is 0 Å². The molecule has 2 aliphatic rings. The summed E-state index contributed by atoms with van der Waals surface area (Å²) in [5.41, 5.74) is 2.96. The third kappa shape index (κ3) is 3.76. The summed E-state index contributed by atoms with van der Waals surface area (Å²) < 4.78 is 19.0. The number of halogens is 1. The molecule has 2 aliphatic heterocycles. The number of piperazine rings is 1. The van der Waals surface area contributed by atoms with E-state index in [-0.39, 0.29) is 18.1 Å². The van der Waals surface area contributed by atoms with Crippen LogP contribution in [0.4, 0.5) is 4.39 Å². The third-order valence-corrected chi connectivity index (χ3v) is 5.17. The maximum absolute atomic E-state index is 13.6. The van der Waals surface area contributed by atoms with Gasteiger partial charge in [0.2, 0.25) is 0 Å². The van der Waals surface area contributed by atoms with E-state index in [0.717, 1.165) is 36.5 Å². The van der Waals surface area contributed by atoms with E-state index in [9.17, 15) is 4.39 Å². The molecule has 1 aromatic heterocycles. The minimum absolute atomic E-state index is 0.0446. The lowest BCUT2D eigenvalue weighted by Gasteiger charge is -2.41. The fraction of sp³-hybridized carbons (Fsp3) is 0.333. The maximum atomic E-state index is 13.6. The predicted molar refractivity (Wildman–Crippen MR) is 107 cm³/mol. The van der Waals surface area contributed by atoms with Crippen LogP contribution in [0.15, 0.2) is 60.0 Å². The molecule has 1 aromatic carbocycles. The molecule has 6 nitrogen and oxygen atoms in total. The number of rotatable bonds is 4. The highest BCUT2D eigenvalue weighted by molar-refractivity contribution is 6.08.